The number of rotatable bonds is 5. The Morgan fingerprint density at radius 3 is 2.52 bits per heavy atom. The first kappa shape index (κ1) is 23.1. The van der Waals surface area contributed by atoms with Crippen LogP contribution in [0.15, 0.2) is 79.1 Å². The van der Waals surface area contributed by atoms with Gasteiger partial charge in [-0.15, -0.1) is 0 Å². The van der Waals surface area contributed by atoms with Gasteiger partial charge in [0.15, 0.2) is 0 Å². The molecule has 1 saturated heterocycles. The molecule has 1 aromatic heterocycles. The molecule has 1 atom stereocenters. The van der Waals surface area contributed by atoms with Gasteiger partial charge in [0, 0.05) is 57.6 Å². The van der Waals surface area contributed by atoms with Crippen molar-refractivity contribution in [2.45, 2.75) is 38.9 Å². The number of hydrogen-bond donors (Lipinski definition) is 1. The SMILES string of the molecule is Cc1cccc(CN2CCCN(Cc3ccncc3)C(c3ccccc3)CC(=O)NCC2)c1. The van der Waals surface area contributed by atoms with Crippen LogP contribution in [-0.4, -0.2) is 46.9 Å². The van der Waals surface area contributed by atoms with E-state index >= 15 is 0 Å². The largest absolute Gasteiger partial charge is 0.355 e. The minimum atomic E-state index is 0.0442. The van der Waals surface area contributed by atoms with Gasteiger partial charge in [-0.05, 0) is 48.7 Å². The van der Waals surface area contributed by atoms with E-state index in [1.54, 1.807) is 0 Å². The summed E-state index contributed by atoms with van der Waals surface area (Å²) in [4.78, 5) is 22.0. The van der Waals surface area contributed by atoms with E-state index in [4.69, 9.17) is 0 Å². The predicted molar refractivity (Wildman–Crippen MR) is 133 cm³/mol. The van der Waals surface area contributed by atoms with Gasteiger partial charge in [0.25, 0.3) is 0 Å². The standard InChI is InChI=1S/C28H34N4O/c1-23-7-5-8-25(19-23)21-31-16-6-17-32(22-24-11-13-29-14-12-24)27(20-28(33)30-15-18-31)26-9-3-2-4-10-26/h2-5,7-14,19,27H,6,15-18,20-22H2,1H3,(H,30,33). The molecule has 5 nitrogen and oxygen atoms in total. The van der Waals surface area contributed by atoms with Crippen molar-refractivity contribution in [2.24, 2.45) is 0 Å². The monoisotopic (exact) mass is 442 g/mol. The van der Waals surface area contributed by atoms with Crippen molar-refractivity contribution < 1.29 is 4.79 Å². The number of benzene rings is 2. The smallest absolute Gasteiger partial charge is 0.221 e. The van der Waals surface area contributed by atoms with Crippen LogP contribution in [0.25, 0.3) is 0 Å². The number of aromatic nitrogens is 1. The summed E-state index contributed by atoms with van der Waals surface area (Å²) in [7, 11) is 0. The molecule has 1 aliphatic rings. The molecule has 1 unspecified atom stereocenters. The van der Waals surface area contributed by atoms with Crippen LogP contribution in [0, 0.1) is 6.92 Å². The van der Waals surface area contributed by atoms with Crippen LogP contribution < -0.4 is 5.32 Å². The number of amides is 1. The van der Waals surface area contributed by atoms with Crippen molar-refractivity contribution in [3.8, 4) is 0 Å². The molecule has 2 heterocycles. The number of carbonyl (C=O) groups is 1. The first-order chi connectivity index (χ1) is 16.2. The lowest BCUT2D eigenvalue weighted by atomic mass is 10.00. The molecule has 172 valence electrons. The fraction of sp³-hybridized carbons (Fsp3) is 0.357. The maximum Gasteiger partial charge on any atom is 0.221 e. The summed E-state index contributed by atoms with van der Waals surface area (Å²) in [6, 6.07) is 23.3. The topological polar surface area (TPSA) is 48.5 Å². The van der Waals surface area contributed by atoms with Crippen molar-refractivity contribution in [3.05, 3.63) is 101 Å². The molecular weight excluding hydrogens is 408 g/mol. The van der Waals surface area contributed by atoms with Crippen LogP contribution in [0.1, 0.15) is 41.1 Å². The molecule has 0 bridgehead atoms. The molecule has 0 spiro atoms. The zero-order valence-corrected chi connectivity index (χ0v) is 19.5. The molecule has 0 aliphatic carbocycles. The predicted octanol–water partition coefficient (Wildman–Crippen LogP) is 4.35. The fourth-order valence-electron chi connectivity index (χ4n) is 4.64. The average Bonchev–Trinajstić information content (AvgIpc) is 2.86. The summed E-state index contributed by atoms with van der Waals surface area (Å²) >= 11 is 0. The highest BCUT2D eigenvalue weighted by Crippen LogP contribution is 2.27. The lowest BCUT2D eigenvalue weighted by molar-refractivity contribution is -0.122. The first-order valence-electron chi connectivity index (χ1n) is 11.9. The Bertz CT molecular complexity index is 1010. The van der Waals surface area contributed by atoms with E-state index in [1.165, 1.54) is 22.3 Å². The third-order valence-electron chi connectivity index (χ3n) is 6.30. The van der Waals surface area contributed by atoms with E-state index in [1.807, 2.05) is 18.5 Å². The van der Waals surface area contributed by atoms with Gasteiger partial charge in [-0.1, -0.05) is 60.2 Å². The van der Waals surface area contributed by atoms with E-state index in [0.717, 1.165) is 39.1 Å². The number of nitrogens with zero attached hydrogens (tertiary/aromatic N) is 3. The number of carbonyl (C=O) groups excluding carboxylic acids is 1. The number of nitrogens with one attached hydrogen (secondary N) is 1. The summed E-state index contributed by atoms with van der Waals surface area (Å²) < 4.78 is 0. The Hall–Kier alpha value is -3.02. The summed E-state index contributed by atoms with van der Waals surface area (Å²) in [6.45, 7) is 7.31. The van der Waals surface area contributed by atoms with Crippen LogP contribution in [0.4, 0.5) is 0 Å². The van der Waals surface area contributed by atoms with E-state index in [-0.39, 0.29) is 11.9 Å². The van der Waals surface area contributed by atoms with Crippen LogP contribution >= 0.6 is 0 Å². The van der Waals surface area contributed by atoms with E-state index in [9.17, 15) is 4.79 Å². The molecule has 1 amide bonds. The van der Waals surface area contributed by atoms with E-state index in [0.29, 0.717) is 13.0 Å². The van der Waals surface area contributed by atoms with Crippen LogP contribution in [0.5, 0.6) is 0 Å². The summed E-state index contributed by atoms with van der Waals surface area (Å²) in [5, 5.41) is 3.17. The molecular formula is C28H34N4O. The van der Waals surface area contributed by atoms with Crippen LogP contribution in [-0.2, 0) is 17.9 Å². The molecule has 1 aliphatic heterocycles. The molecule has 0 saturated carbocycles. The third kappa shape index (κ3) is 6.98. The fourth-order valence-corrected chi connectivity index (χ4v) is 4.64. The molecule has 4 rings (SSSR count). The molecule has 1 fully saturated rings. The van der Waals surface area contributed by atoms with Crippen molar-refractivity contribution in [1.29, 1.82) is 0 Å². The molecule has 3 aromatic rings. The lowest BCUT2D eigenvalue weighted by Gasteiger charge is -2.32. The van der Waals surface area contributed by atoms with Crippen LogP contribution in [0.3, 0.4) is 0 Å². The van der Waals surface area contributed by atoms with E-state index < -0.39 is 0 Å². The van der Waals surface area contributed by atoms with Crippen molar-refractivity contribution in [2.75, 3.05) is 26.2 Å². The highest BCUT2D eigenvalue weighted by Gasteiger charge is 2.24. The van der Waals surface area contributed by atoms with Gasteiger partial charge in [-0.25, -0.2) is 0 Å². The first-order valence-corrected chi connectivity index (χ1v) is 11.9. The zero-order chi connectivity index (χ0) is 22.9. The molecule has 5 heteroatoms. The normalized spacial score (nSPS) is 18.9. The second-order valence-electron chi connectivity index (χ2n) is 8.93. The third-order valence-corrected chi connectivity index (χ3v) is 6.30. The van der Waals surface area contributed by atoms with Gasteiger partial charge >= 0.3 is 0 Å². The Morgan fingerprint density at radius 2 is 1.73 bits per heavy atom. The summed E-state index contributed by atoms with van der Waals surface area (Å²) in [5.41, 5.74) is 5.02. The van der Waals surface area contributed by atoms with Gasteiger partial charge in [0.05, 0.1) is 0 Å². The van der Waals surface area contributed by atoms with Gasteiger partial charge in [-0.2, -0.15) is 0 Å². The molecule has 0 radical (unpaired) electrons. The zero-order valence-electron chi connectivity index (χ0n) is 19.5. The highest BCUT2D eigenvalue weighted by molar-refractivity contribution is 5.76. The second-order valence-corrected chi connectivity index (χ2v) is 8.93. The molecule has 33 heavy (non-hydrogen) atoms. The minimum absolute atomic E-state index is 0.0442. The maximum absolute atomic E-state index is 12.9. The van der Waals surface area contributed by atoms with Gasteiger partial charge in [0.1, 0.15) is 0 Å². The Morgan fingerprint density at radius 1 is 0.909 bits per heavy atom. The molecule has 1 N–H and O–H groups in total. The second kappa shape index (κ2) is 11.7. The average molecular weight is 443 g/mol. The maximum atomic E-state index is 12.9. The van der Waals surface area contributed by atoms with Gasteiger partial charge < -0.3 is 5.32 Å². The number of pyridine rings is 1. The lowest BCUT2D eigenvalue weighted by Crippen LogP contribution is -2.35. The van der Waals surface area contributed by atoms with Gasteiger partial charge in [-0.3, -0.25) is 19.6 Å². The van der Waals surface area contributed by atoms with Crippen molar-refractivity contribution in [3.63, 3.8) is 0 Å². The highest BCUT2D eigenvalue weighted by atomic mass is 16.1. The van der Waals surface area contributed by atoms with Crippen LogP contribution in [0.2, 0.25) is 0 Å². The van der Waals surface area contributed by atoms with Crippen molar-refractivity contribution >= 4 is 5.91 Å². The summed E-state index contributed by atoms with van der Waals surface area (Å²) in [6.07, 6.45) is 5.20. The van der Waals surface area contributed by atoms with E-state index in [2.05, 4.69) is 87.7 Å². The van der Waals surface area contributed by atoms with Gasteiger partial charge in [0.2, 0.25) is 5.91 Å². The quantitative estimate of drug-likeness (QED) is 0.638. The minimum Gasteiger partial charge on any atom is -0.355 e. The number of hydrogen-bond acceptors (Lipinski definition) is 4. The Labute approximate surface area is 197 Å². The number of aryl methyl sites for hydroxylation is 1. The Balaban J connectivity index is 1.54. The van der Waals surface area contributed by atoms with Crippen molar-refractivity contribution in [1.82, 2.24) is 20.1 Å². The molecule has 2 aromatic carbocycles. The summed E-state index contributed by atoms with van der Waals surface area (Å²) in [5.74, 6) is 0.112. The Kier molecular flexibility index (Phi) is 8.23.